The molecule has 7 nitrogen and oxygen atoms in total. The first kappa shape index (κ1) is 19.8. The van der Waals surface area contributed by atoms with Crippen LogP contribution in [-0.2, 0) is 11.3 Å². The van der Waals surface area contributed by atoms with E-state index < -0.39 is 0 Å². The standard InChI is InChI=1S/C22H30N6O/c1-17-6-10-24-22(26-17)27-12-7-20(8-13-27)28-11-3-5-19(16-28)21(29)25-15-18-4-2-9-23-14-18/h2,4,6,9-10,14,19-20H,3,5,7-8,11-13,15-16H2,1H3,(H,25,29)/t19-/m1/s1. The lowest BCUT2D eigenvalue weighted by Crippen LogP contribution is -2.51. The van der Waals surface area contributed by atoms with Crippen LogP contribution in [0.3, 0.4) is 0 Å². The minimum atomic E-state index is 0.0820. The first-order valence-corrected chi connectivity index (χ1v) is 10.6. The predicted octanol–water partition coefficient (Wildman–Crippen LogP) is 2.18. The molecule has 0 aromatic carbocycles. The molecule has 1 N–H and O–H groups in total. The van der Waals surface area contributed by atoms with Gasteiger partial charge in [-0.15, -0.1) is 0 Å². The van der Waals surface area contributed by atoms with Crippen molar-refractivity contribution in [2.24, 2.45) is 5.92 Å². The van der Waals surface area contributed by atoms with Crippen LogP contribution in [-0.4, -0.2) is 58.0 Å². The number of nitrogens with one attached hydrogen (secondary N) is 1. The first-order chi connectivity index (χ1) is 14.2. The molecule has 1 atom stereocenters. The average molecular weight is 395 g/mol. The van der Waals surface area contributed by atoms with E-state index in [-0.39, 0.29) is 11.8 Å². The lowest BCUT2D eigenvalue weighted by atomic mass is 9.93. The first-order valence-electron chi connectivity index (χ1n) is 10.6. The van der Waals surface area contributed by atoms with Crippen LogP contribution in [0.4, 0.5) is 5.95 Å². The van der Waals surface area contributed by atoms with Gasteiger partial charge in [-0.3, -0.25) is 14.7 Å². The number of likely N-dealkylation sites (tertiary alicyclic amines) is 1. The topological polar surface area (TPSA) is 74.2 Å². The molecule has 0 unspecified atom stereocenters. The zero-order valence-corrected chi connectivity index (χ0v) is 17.1. The zero-order chi connectivity index (χ0) is 20.1. The molecule has 4 rings (SSSR count). The van der Waals surface area contributed by atoms with Crippen molar-refractivity contribution in [3.05, 3.63) is 48.0 Å². The van der Waals surface area contributed by atoms with Crippen molar-refractivity contribution in [1.29, 1.82) is 0 Å². The second-order valence-corrected chi connectivity index (χ2v) is 8.13. The van der Waals surface area contributed by atoms with Crippen LogP contribution in [0.15, 0.2) is 36.8 Å². The molecule has 0 spiro atoms. The van der Waals surface area contributed by atoms with E-state index >= 15 is 0 Å². The summed E-state index contributed by atoms with van der Waals surface area (Å²) in [6.07, 6.45) is 9.66. The van der Waals surface area contributed by atoms with Crippen molar-refractivity contribution < 1.29 is 4.79 Å². The molecule has 7 heteroatoms. The third-order valence-corrected chi connectivity index (χ3v) is 6.06. The third-order valence-electron chi connectivity index (χ3n) is 6.06. The maximum Gasteiger partial charge on any atom is 0.225 e. The van der Waals surface area contributed by atoms with Gasteiger partial charge in [0.1, 0.15) is 0 Å². The third kappa shape index (κ3) is 5.09. The minimum Gasteiger partial charge on any atom is -0.352 e. The summed E-state index contributed by atoms with van der Waals surface area (Å²) in [7, 11) is 0. The summed E-state index contributed by atoms with van der Waals surface area (Å²) in [6.45, 7) is 6.47. The van der Waals surface area contributed by atoms with E-state index in [1.54, 1.807) is 12.4 Å². The fourth-order valence-electron chi connectivity index (χ4n) is 4.41. The van der Waals surface area contributed by atoms with E-state index in [4.69, 9.17) is 0 Å². The van der Waals surface area contributed by atoms with Crippen LogP contribution in [0, 0.1) is 12.8 Å². The maximum atomic E-state index is 12.7. The number of hydrogen-bond donors (Lipinski definition) is 1. The maximum absolute atomic E-state index is 12.7. The van der Waals surface area contributed by atoms with Crippen LogP contribution in [0.1, 0.15) is 36.9 Å². The predicted molar refractivity (Wildman–Crippen MR) is 112 cm³/mol. The molecule has 2 aromatic heterocycles. The number of rotatable bonds is 5. The lowest BCUT2D eigenvalue weighted by Gasteiger charge is -2.42. The average Bonchev–Trinajstić information content (AvgIpc) is 2.78. The summed E-state index contributed by atoms with van der Waals surface area (Å²) < 4.78 is 0. The minimum absolute atomic E-state index is 0.0820. The Morgan fingerprint density at radius 2 is 2.03 bits per heavy atom. The van der Waals surface area contributed by atoms with Crippen molar-refractivity contribution >= 4 is 11.9 Å². The lowest BCUT2D eigenvalue weighted by molar-refractivity contribution is -0.127. The number of pyridine rings is 1. The Hall–Kier alpha value is -2.54. The summed E-state index contributed by atoms with van der Waals surface area (Å²) in [6, 6.07) is 6.37. The molecule has 2 saturated heterocycles. The second-order valence-electron chi connectivity index (χ2n) is 8.13. The second kappa shape index (κ2) is 9.31. The number of amides is 1. The Morgan fingerprint density at radius 3 is 2.79 bits per heavy atom. The fraction of sp³-hybridized carbons (Fsp3) is 0.545. The molecule has 2 aliphatic rings. The number of carbonyl (C=O) groups excluding carboxylic acids is 1. The van der Waals surface area contributed by atoms with Gasteiger partial charge >= 0.3 is 0 Å². The normalized spacial score (nSPS) is 21.1. The van der Waals surface area contributed by atoms with Gasteiger partial charge < -0.3 is 10.2 Å². The highest BCUT2D eigenvalue weighted by Gasteiger charge is 2.32. The van der Waals surface area contributed by atoms with Gasteiger partial charge in [0.25, 0.3) is 0 Å². The monoisotopic (exact) mass is 394 g/mol. The Kier molecular flexibility index (Phi) is 6.34. The van der Waals surface area contributed by atoms with Gasteiger partial charge in [-0.2, -0.15) is 0 Å². The zero-order valence-electron chi connectivity index (χ0n) is 17.1. The Balaban J connectivity index is 1.27. The van der Waals surface area contributed by atoms with Crippen molar-refractivity contribution in [2.45, 2.75) is 45.2 Å². The summed E-state index contributed by atoms with van der Waals surface area (Å²) in [4.78, 5) is 30.6. The van der Waals surface area contributed by atoms with E-state index in [1.165, 1.54) is 0 Å². The van der Waals surface area contributed by atoms with Gasteiger partial charge in [-0.1, -0.05) is 6.07 Å². The molecule has 0 aliphatic carbocycles. The molecular formula is C22H30N6O. The number of hydrogen-bond acceptors (Lipinski definition) is 6. The van der Waals surface area contributed by atoms with Gasteiger partial charge in [0.15, 0.2) is 0 Å². The largest absolute Gasteiger partial charge is 0.352 e. The number of anilines is 1. The molecule has 1 amide bonds. The van der Waals surface area contributed by atoms with Crippen LogP contribution < -0.4 is 10.2 Å². The number of nitrogens with zero attached hydrogens (tertiary/aromatic N) is 5. The number of carbonyl (C=O) groups is 1. The summed E-state index contributed by atoms with van der Waals surface area (Å²) in [5.74, 6) is 1.09. The van der Waals surface area contributed by atoms with Crippen molar-refractivity contribution in [1.82, 2.24) is 25.2 Å². The van der Waals surface area contributed by atoms with E-state index in [2.05, 4.69) is 30.1 Å². The van der Waals surface area contributed by atoms with Crippen molar-refractivity contribution in [3.63, 3.8) is 0 Å². The molecule has 4 heterocycles. The highest BCUT2D eigenvalue weighted by Crippen LogP contribution is 2.25. The molecule has 2 fully saturated rings. The Labute approximate surface area is 172 Å². The number of aromatic nitrogens is 3. The van der Waals surface area contributed by atoms with Gasteiger partial charge in [0.2, 0.25) is 11.9 Å². The Morgan fingerprint density at radius 1 is 1.17 bits per heavy atom. The van der Waals surface area contributed by atoms with Gasteiger partial charge in [0, 0.05) is 56.5 Å². The summed E-state index contributed by atoms with van der Waals surface area (Å²) in [5.41, 5.74) is 2.05. The molecule has 154 valence electrons. The summed E-state index contributed by atoms with van der Waals surface area (Å²) in [5, 5.41) is 3.10. The number of aryl methyl sites for hydroxylation is 1. The molecule has 0 saturated carbocycles. The molecule has 29 heavy (non-hydrogen) atoms. The molecule has 2 aromatic rings. The molecule has 0 radical (unpaired) electrons. The van der Waals surface area contributed by atoms with E-state index in [0.29, 0.717) is 12.6 Å². The van der Waals surface area contributed by atoms with Crippen LogP contribution >= 0.6 is 0 Å². The molecule has 2 aliphatic heterocycles. The SMILES string of the molecule is Cc1ccnc(N2CCC(N3CCC[C@@H](C(=O)NCc4cccnc4)C3)CC2)n1. The molecular weight excluding hydrogens is 364 g/mol. The quantitative estimate of drug-likeness (QED) is 0.838. The number of piperidine rings is 2. The van der Waals surface area contributed by atoms with E-state index in [9.17, 15) is 4.79 Å². The smallest absolute Gasteiger partial charge is 0.225 e. The van der Waals surface area contributed by atoms with E-state index in [0.717, 1.165) is 69.1 Å². The highest BCUT2D eigenvalue weighted by molar-refractivity contribution is 5.78. The van der Waals surface area contributed by atoms with E-state index in [1.807, 2.05) is 31.3 Å². The van der Waals surface area contributed by atoms with Gasteiger partial charge in [-0.05, 0) is 56.8 Å². The van der Waals surface area contributed by atoms with Crippen LogP contribution in [0.5, 0.6) is 0 Å². The van der Waals surface area contributed by atoms with Gasteiger partial charge in [-0.25, -0.2) is 9.97 Å². The summed E-state index contributed by atoms with van der Waals surface area (Å²) >= 11 is 0. The highest BCUT2D eigenvalue weighted by atomic mass is 16.1. The van der Waals surface area contributed by atoms with Gasteiger partial charge in [0.05, 0.1) is 5.92 Å². The molecule has 0 bridgehead atoms. The van der Waals surface area contributed by atoms with Crippen LogP contribution in [0.2, 0.25) is 0 Å². The van der Waals surface area contributed by atoms with Crippen LogP contribution in [0.25, 0.3) is 0 Å². The van der Waals surface area contributed by atoms with Crippen molar-refractivity contribution in [2.75, 3.05) is 31.1 Å². The van der Waals surface area contributed by atoms with Crippen molar-refractivity contribution in [3.8, 4) is 0 Å². The fourth-order valence-corrected chi connectivity index (χ4v) is 4.41. The Bertz CT molecular complexity index is 806.